The lowest BCUT2D eigenvalue weighted by atomic mass is 10.00. The molecule has 94 valence electrons. The zero-order chi connectivity index (χ0) is 11.4. The molecule has 0 bridgehead atoms. The van der Waals surface area contributed by atoms with Crippen molar-refractivity contribution in [1.29, 1.82) is 0 Å². The second-order valence-electron chi connectivity index (χ2n) is 4.24. The van der Waals surface area contributed by atoms with Crippen molar-refractivity contribution < 1.29 is 0 Å². The van der Waals surface area contributed by atoms with Gasteiger partial charge in [-0.1, -0.05) is 37.6 Å². The van der Waals surface area contributed by atoms with Gasteiger partial charge >= 0.3 is 0 Å². The fraction of sp³-hybridized carbons (Fsp3) is 0.462. The Morgan fingerprint density at radius 2 is 2.06 bits per heavy atom. The van der Waals surface area contributed by atoms with Crippen molar-refractivity contribution in [3.05, 3.63) is 35.4 Å². The molecule has 4 heteroatoms. The molecule has 0 amide bonds. The molecule has 0 aromatic heterocycles. The van der Waals surface area contributed by atoms with Gasteiger partial charge in [-0.3, -0.25) is 4.99 Å². The molecule has 1 heterocycles. The summed E-state index contributed by atoms with van der Waals surface area (Å²) in [5, 5.41) is 3.21. The van der Waals surface area contributed by atoms with E-state index < -0.39 is 0 Å². The highest BCUT2D eigenvalue weighted by molar-refractivity contribution is 5.85. The Bertz CT molecular complexity index is 373. The van der Waals surface area contributed by atoms with Gasteiger partial charge in [0.1, 0.15) is 0 Å². The predicted molar refractivity (Wildman–Crippen MR) is 74.7 cm³/mol. The number of hydrogen-bond donors (Lipinski definition) is 2. The fourth-order valence-corrected chi connectivity index (χ4v) is 2.07. The van der Waals surface area contributed by atoms with Crippen molar-refractivity contribution in [3.63, 3.8) is 0 Å². The Balaban J connectivity index is 0.00000144. The molecule has 0 saturated carbocycles. The zero-order valence-corrected chi connectivity index (χ0v) is 11.0. The van der Waals surface area contributed by atoms with Crippen LogP contribution in [-0.4, -0.2) is 12.5 Å². The van der Waals surface area contributed by atoms with Gasteiger partial charge in [-0.15, -0.1) is 12.4 Å². The van der Waals surface area contributed by atoms with Crippen LogP contribution in [0.2, 0.25) is 0 Å². The lowest BCUT2D eigenvalue weighted by Crippen LogP contribution is -2.38. The summed E-state index contributed by atoms with van der Waals surface area (Å²) in [7, 11) is 0. The van der Waals surface area contributed by atoms with Gasteiger partial charge in [0.15, 0.2) is 5.96 Å². The summed E-state index contributed by atoms with van der Waals surface area (Å²) in [5.74, 6) is 0.564. The van der Waals surface area contributed by atoms with E-state index in [9.17, 15) is 0 Å². The third kappa shape index (κ3) is 3.63. The van der Waals surface area contributed by atoms with E-state index in [1.165, 1.54) is 17.5 Å². The molecule has 3 nitrogen and oxygen atoms in total. The Labute approximate surface area is 109 Å². The molecule has 0 aliphatic carbocycles. The molecular formula is C13H20ClN3. The first-order chi connectivity index (χ1) is 7.79. The van der Waals surface area contributed by atoms with Gasteiger partial charge in [0.05, 0.1) is 6.04 Å². The molecule has 1 unspecified atom stereocenters. The number of nitrogens with zero attached hydrogens (tertiary/aromatic N) is 1. The lowest BCUT2D eigenvalue weighted by molar-refractivity contribution is 0.568. The quantitative estimate of drug-likeness (QED) is 0.869. The summed E-state index contributed by atoms with van der Waals surface area (Å²) in [6.07, 6.45) is 3.37. The van der Waals surface area contributed by atoms with Crippen LogP contribution in [0, 0.1) is 0 Å². The molecule has 2 rings (SSSR count). The molecule has 0 spiro atoms. The maximum absolute atomic E-state index is 5.68. The average Bonchev–Trinajstić information content (AvgIpc) is 2.30. The molecule has 0 saturated heterocycles. The number of halogens is 1. The van der Waals surface area contributed by atoms with Gasteiger partial charge < -0.3 is 11.1 Å². The summed E-state index contributed by atoms with van der Waals surface area (Å²) in [4.78, 5) is 4.14. The van der Waals surface area contributed by atoms with E-state index in [0.717, 1.165) is 19.4 Å². The van der Waals surface area contributed by atoms with E-state index in [0.29, 0.717) is 12.0 Å². The van der Waals surface area contributed by atoms with Crippen molar-refractivity contribution in [2.45, 2.75) is 32.2 Å². The zero-order valence-electron chi connectivity index (χ0n) is 10.1. The molecule has 0 fully saturated rings. The normalized spacial score (nSPS) is 18.9. The van der Waals surface area contributed by atoms with Gasteiger partial charge in [-0.2, -0.15) is 0 Å². The minimum Gasteiger partial charge on any atom is -0.370 e. The predicted octanol–water partition coefficient (Wildman–Crippen LogP) is 2.41. The van der Waals surface area contributed by atoms with Crippen molar-refractivity contribution in [2.75, 3.05) is 6.54 Å². The molecule has 1 aromatic carbocycles. The highest BCUT2D eigenvalue weighted by Gasteiger charge is 2.15. The molecule has 1 aromatic rings. The van der Waals surface area contributed by atoms with E-state index in [-0.39, 0.29) is 12.4 Å². The average molecular weight is 254 g/mol. The van der Waals surface area contributed by atoms with Crippen LogP contribution < -0.4 is 11.1 Å². The van der Waals surface area contributed by atoms with Gasteiger partial charge in [-0.05, 0) is 24.0 Å². The standard InChI is InChI=1S/C13H19N3.ClH/c1-2-3-10-4-6-11(7-5-10)12-8-9-15-13(14)16-12;/h4-7,12H,2-3,8-9H2,1H3,(H3,14,15,16);1H. The Morgan fingerprint density at radius 3 is 2.65 bits per heavy atom. The van der Waals surface area contributed by atoms with Crippen LogP contribution in [0.3, 0.4) is 0 Å². The first kappa shape index (κ1) is 13.8. The van der Waals surface area contributed by atoms with Crippen LogP contribution in [0.15, 0.2) is 29.3 Å². The summed E-state index contributed by atoms with van der Waals surface area (Å²) in [6.45, 7) is 3.02. The molecule has 0 radical (unpaired) electrons. The van der Waals surface area contributed by atoms with Crippen LogP contribution in [0.25, 0.3) is 0 Å². The smallest absolute Gasteiger partial charge is 0.189 e. The van der Waals surface area contributed by atoms with E-state index >= 15 is 0 Å². The third-order valence-electron chi connectivity index (χ3n) is 2.94. The number of guanidine groups is 1. The molecule has 17 heavy (non-hydrogen) atoms. The van der Waals surface area contributed by atoms with E-state index in [4.69, 9.17) is 5.73 Å². The minimum absolute atomic E-state index is 0. The Kier molecular flexibility index (Phi) is 5.29. The number of nitrogens with one attached hydrogen (secondary N) is 1. The molecule has 1 aliphatic rings. The molecule has 1 aliphatic heterocycles. The fourth-order valence-electron chi connectivity index (χ4n) is 2.07. The molecular weight excluding hydrogens is 234 g/mol. The van der Waals surface area contributed by atoms with Gasteiger partial charge in [-0.25, -0.2) is 0 Å². The van der Waals surface area contributed by atoms with Crippen molar-refractivity contribution in [3.8, 4) is 0 Å². The van der Waals surface area contributed by atoms with Crippen LogP contribution >= 0.6 is 12.4 Å². The van der Waals surface area contributed by atoms with Crippen molar-refractivity contribution >= 4 is 18.4 Å². The maximum atomic E-state index is 5.68. The van der Waals surface area contributed by atoms with E-state index in [1.807, 2.05) is 0 Å². The first-order valence-corrected chi connectivity index (χ1v) is 5.95. The number of nitrogens with two attached hydrogens (primary N) is 1. The SMILES string of the molecule is CCCc1ccc(C2CCN=C(N)N2)cc1.Cl. The van der Waals surface area contributed by atoms with Crippen LogP contribution in [0.4, 0.5) is 0 Å². The van der Waals surface area contributed by atoms with Crippen molar-refractivity contribution in [1.82, 2.24) is 5.32 Å². The second kappa shape index (κ2) is 6.50. The molecule has 1 atom stereocenters. The summed E-state index contributed by atoms with van der Waals surface area (Å²) >= 11 is 0. The number of hydrogen-bond acceptors (Lipinski definition) is 3. The van der Waals surface area contributed by atoms with E-state index in [2.05, 4.69) is 41.5 Å². The van der Waals surface area contributed by atoms with Gasteiger partial charge in [0.25, 0.3) is 0 Å². The maximum Gasteiger partial charge on any atom is 0.189 e. The summed E-state index contributed by atoms with van der Waals surface area (Å²) in [6, 6.07) is 9.14. The third-order valence-corrected chi connectivity index (χ3v) is 2.94. The van der Waals surface area contributed by atoms with Crippen molar-refractivity contribution in [2.24, 2.45) is 10.7 Å². The van der Waals surface area contributed by atoms with Crippen LogP contribution in [0.5, 0.6) is 0 Å². The van der Waals surface area contributed by atoms with Crippen LogP contribution in [0.1, 0.15) is 36.9 Å². The highest BCUT2D eigenvalue weighted by atomic mass is 35.5. The van der Waals surface area contributed by atoms with Crippen LogP contribution in [-0.2, 0) is 6.42 Å². The highest BCUT2D eigenvalue weighted by Crippen LogP contribution is 2.19. The largest absolute Gasteiger partial charge is 0.370 e. The Morgan fingerprint density at radius 1 is 1.35 bits per heavy atom. The van der Waals surface area contributed by atoms with E-state index in [1.54, 1.807) is 0 Å². The Hall–Kier alpha value is -1.22. The number of rotatable bonds is 3. The number of benzene rings is 1. The first-order valence-electron chi connectivity index (χ1n) is 5.95. The van der Waals surface area contributed by atoms with Gasteiger partial charge in [0, 0.05) is 6.54 Å². The number of aliphatic imine (C=N–C) groups is 1. The minimum atomic E-state index is 0. The second-order valence-corrected chi connectivity index (χ2v) is 4.24. The monoisotopic (exact) mass is 253 g/mol. The number of aryl methyl sites for hydroxylation is 1. The lowest BCUT2D eigenvalue weighted by Gasteiger charge is -2.23. The summed E-state index contributed by atoms with van der Waals surface area (Å²) in [5.41, 5.74) is 8.39. The topological polar surface area (TPSA) is 50.4 Å². The molecule has 3 N–H and O–H groups in total. The van der Waals surface area contributed by atoms with Gasteiger partial charge in [0.2, 0.25) is 0 Å². The summed E-state index contributed by atoms with van der Waals surface area (Å²) < 4.78 is 0.